The monoisotopic (exact) mass is 1580 g/mol. The van der Waals surface area contributed by atoms with Crippen LogP contribution in [-0.2, 0) is 19.2 Å². The van der Waals surface area contributed by atoms with E-state index in [0.717, 1.165) is 195 Å². The number of amides is 4. The quantitative estimate of drug-likeness (QED) is 0.0264. The van der Waals surface area contributed by atoms with E-state index in [1.165, 1.54) is 0 Å². The van der Waals surface area contributed by atoms with Gasteiger partial charge in [0.2, 0.25) is 0 Å². The number of hydrogen-bond donors (Lipinski definition) is 4. The average Bonchev–Trinajstić information content (AvgIpc) is 0.746. The number of ether oxygens (including phenoxy) is 8. The minimum atomic E-state index is -0.470. The molecule has 16 nitrogen and oxygen atoms in total. The third-order valence-electron chi connectivity index (χ3n) is 23.0. The molecule has 624 valence electrons. The average molecular weight is 1580 g/mol. The number of carbonyl (C=O) groups excluding carboxylic acids is 4. The van der Waals surface area contributed by atoms with Gasteiger partial charge in [0.1, 0.15) is 46.0 Å². The van der Waals surface area contributed by atoms with Gasteiger partial charge in [-0.05, 0) is 99.9 Å². The van der Waals surface area contributed by atoms with Gasteiger partial charge in [-0.3, -0.25) is 19.2 Å². The molecule has 116 heavy (non-hydrogen) atoms. The van der Waals surface area contributed by atoms with Gasteiger partial charge in [0.05, 0.1) is 52.6 Å². The second-order valence-electron chi connectivity index (χ2n) is 31.5. The second kappa shape index (κ2) is 47.9. The Morgan fingerprint density at radius 3 is 0.621 bits per heavy atom. The van der Waals surface area contributed by atoms with Crippen molar-refractivity contribution in [3.05, 3.63) is 237 Å². The Morgan fingerprint density at radius 2 is 0.440 bits per heavy atom. The minimum Gasteiger partial charge on any atom is -0.496 e. The Morgan fingerprint density at radius 1 is 0.259 bits per heavy atom. The van der Waals surface area contributed by atoms with Crippen LogP contribution < -0.4 is 59.2 Å². The molecule has 1 aliphatic carbocycles. The highest BCUT2D eigenvalue weighted by Gasteiger charge is 2.36. The van der Waals surface area contributed by atoms with E-state index in [9.17, 15) is 19.2 Å². The Bertz CT molecular complexity index is 3760. The van der Waals surface area contributed by atoms with E-state index in [4.69, 9.17) is 37.9 Å². The summed E-state index contributed by atoms with van der Waals surface area (Å²) in [6, 6.07) is 55.4. The fourth-order valence-electron chi connectivity index (χ4n) is 16.5. The molecule has 4 N–H and O–H groups in total. The predicted molar refractivity (Wildman–Crippen MR) is 467 cm³/mol. The maximum absolute atomic E-state index is 14.6. The maximum atomic E-state index is 14.6. The van der Waals surface area contributed by atoms with Crippen LogP contribution in [0.25, 0.3) is 0 Å². The maximum Gasteiger partial charge on any atom is 0.258 e. The van der Waals surface area contributed by atoms with Crippen molar-refractivity contribution in [2.45, 2.75) is 257 Å². The van der Waals surface area contributed by atoms with Crippen LogP contribution in [0.2, 0.25) is 0 Å². The van der Waals surface area contributed by atoms with Crippen molar-refractivity contribution in [1.82, 2.24) is 21.3 Å². The fourth-order valence-corrected chi connectivity index (χ4v) is 16.5. The summed E-state index contributed by atoms with van der Waals surface area (Å²) in [6.07, 6.45) is 22.3. The van der Waals surface area contributed by atoms with E-state index in [1.807, 2.05) is 173 Å². The number of carbonyl (C=O) groups is 4. The first-order chi connectivity index (χ1) is 56.5. The van der Waals surface area contributed by atoms with Gasteiger partial charge in [0.15, 0.2) is 26.4 Å². The second-order valence-corrected chi connectivity index (χ2v) is 31.5. The zero-order chi connectivity index (χ0) is 82.6. The summed E-state index contributed by atoms with van der Waals surface area (Å²) in [5.74, 6) is 1.00. The molecule has 9 rings (SSSR count). The van der Waals surface area contributed by atoms with Gasteiger partial charge in [0, 0.05) is 92.4 Å². The van der Waals surface area contributed by atoms with Gasteiger partial charge in [-0.2, -0.15) is 0 Å². The van der Waals surface area contributed by atoms with E-state index in [1.54, 1.807) is 28.4 Å². The molecular formula is C100H132N4O12. The van der Waals surface area contributed by atoms with Crippen molar-refractivity contribution in [3.8, 4) is 46.0 Å². The van der Waals surface area contributed by atoms with Gasteiger partial charge in [-0.25, -0.2) is 0 Å². The molecule has 0 aliphatic heterocycles. The summed E-state index contributed by atoms with van der Waals surface area (Å²) < 4.78 is 55.5. The third-order valence-corrected chi connectivity index (χ3v) is 23.0. The lowest BCUT2D eigenvalue weighted by molar-refractivity contribution is -0.124. The molecule has 0 saturated heterocycles. The smallest absolute Gasteiger partial charge is 0.258 e. The van der Waals surface area contributed by atoms with Gasteiger partial charge < -0.3 is 59.2 Å². The topological polar surface area (TPSA) is 190 Å². The van der Waals surface area contributed by atoms with Crippen LogP contribution in [0.15, 0.2) is 170 Å². The first-order valence-electron chi connectivity index (χ1n) is 43.3. The zero-order valence-corrected chi connectivity index (χ0v) is 71.5. The molecule has 4 amide bonds. The number of fused-ring (bicyclic) bond motifs is 8. The van der Waals surface area contributed by atoms with E-state index >= 15 is 0 Å². The molecule has 16 heteroatoms. The molecule has 0 aromatic heterocycles. The molecule has 0 saturated carbocycles. The van der Waals surface area contributed by atoms with Gasteiger partial charge in [-0.1, -0.05) is 277 Å². The molecule has 0 radical (unpaired) electrons. The van der Waals surface area contributed by atoms with Gasteiger partial charge in [-0.15, -0.1) is 0 Å². The van der Waals surface area contributed by atoms with Crippen LogP contribution in [0, 0.1) is 0 Å². The fraction of sp³-hybridized carbons (Fsp3) is 0.480. The lowest BCUT2D eigenvalue weighted by Gasteiger charge is -2.32. The largest absolute Gasteiger partial charge is 0.496 e. The molecule has 1 aliphatic rings. The standard InChI is InChI=1S/C100H132N4O12/c1-13-17-21-25-41-53-77-81-57-86(94(61-89(81)109-9)114-66-98(106)102-70(6)74-47-35-30-36-48-74)79(55-43-27-23-19-15-3)83-59-88(96(63-91(83)111-11)116-68-100(108)104-72(8)76-51-39-32-40-52-76)80(56-44-28-24-20-16-4)84-60-87(95(64-92(84)112-12)115-67-99(107)103-71(7)75-49-37-31-38-50-75)78(54-42-26-22-18-14-2)82-58-85(77)93(62-90(82)110-10)113-65-97(105)101-69(5)73-45-33-29-34-46-73/h29-40,45-52,57-64,69-72,77-80H,13-28,41-44,53-56,65-68H2,1-12H3,(H,101,105)(H,102,106)(H,103,107)(H,104,108)/t69-,70-,71-,72-,77-,78-,79-,80-/m1/s1. The first-order valence-corrected chi connectivity index (χ1v) is 43.3. The summed E-state index contributed by atoms with van der Waals surface area (Å²) in [4.78, 5) is 58.5. The molecule has 8 aromatic carbocycles. The molecular weight excluding hydrogens is 1450 g/mol. The lowest BCUT2D eigenvalue weighted by Crippen LogP contribution is -2.31. The molecule has 8 aromatic rings. The number of rotatable bonds is 48. The van der Waals surface area contributed by atoms with Crippen LogP contribution >= 0.6 is 0 Å². The third kappa shape index (κ3) is 26.0. The number of nitrogens with one attached hydrogen (secondary N) is 4. The van der Waals surface area contributed by atoms with Crippen molar-refractivity contribution in [2.24, 2.45) is 0 Å². The molecule has 0 spiro atoms. The van der Waals surface area contributed by atoms with Crippen LogP contribution in [0.4, 0.5) is 0 Å². The SMILES string of the molecule is CCCCCCC[C@@H]1c2cc(c(OCC(=O)N[C@H](C)c3ccccc3)cc2OC)[C@H](CCCCCCC)c2cc(c(OCC(=O)N[C@H](C)c3ccccc3)cc2OC)[C@H](CCCCCCC)c2cc(c(OCC(=O)N[C@H](C)c3ccccc3)cc2OC)[C@H](CCCCCCC)c2cc1c(OCC(=O)N[C@H](C)c1ccccc1)cc2OC. The van der Waals surface area contributed by atoms with Crippen molar-refractivity contribution in [3.63, 3.8) is 0 Å². The summed E-state index contributed by atoms with van der Waals surface area (Å²) in [7, 11) is 6.78. The normalized spacial score (nSPS) is 15.3. The molecule has 0 heterocycles. The Hall–Kier alpha value is -9.96. The van der Waals surface area contributed by atoms with E-state index in [2.05, 4.69) is 73.2 Å². The van der Waals surface area contributed by atoms with Crippen LogP contribution in [0.5, 0.6) is 46.0 Å². The van der Waals surface area contributed by atoms with Crippen LogP contribution in [0.3, 0.4) is 0 Å². The molecule has 8 bridgehead atoms. The predicted octanol–water partition coefficient (Wildman–Crippen LogP) is 23.0. The number of hydrogen-bond acceptors (Lipinski definition) is 12. The number of unbranched alkanes of at least 4 members (excludes halogenated alkanes) is 16. The summed E-state index contributed by atoms with van der Waals surface area (Å²) in [5, 5.41) is 12.9. The van der Waals surface area contributed by atoms with Crippen LogP contribution in [-0.4, -0.2) is 78.5 Å². The van der Waals surface area contributed by atoms with E-state index in [-0.39, 0.29) is 74.2 Å². The molecule has 0 fully saturated rings. The Kier molecular flexibility index (Phi) is 37.2. The highest BCUT2D eigenvalue weighted by Crippen LogP contribution is 2.54. The Labute approximate surface area is 693 Å². The highest BCUT2D eigenvalue weighted by molar-refractivity contribution is 5.80. The summed E-state index contributed by atoms with van der Waals surface area (Å²) in [6.45, 7) is 15.6. The highest BCUT2D eigenvalue weighted by atomic mass is 16.5. The van der Waals surface area contributed by atoms with Gasteiger partial charge in [0.25, 0.3) is 23.6 Å². The summed E-state index contributed by atoms with van der Waals surface area (Å²) >= 11 is 0. The minimum absolute atomic E-state index is 0.295. The first kappa shape index (κ1) is 90.0. The van der Waals surface area contributed by atoms with Crippen LogP contribution in [0.1, 0.15) is 324 Å². The van der Waals surface area contributed by atoms with Crippen molar-refractivity contribution >= 4 is 23.6 Å². The van der Waals surface area contributed by atoms with Crippen molar-refractivity contribution in [2.75, 3.05) is 54.9 Å². The van der Waals surface area contributed by atoms with Crippen molar-refractivity contribution < 1.29 is 57.1 Å². The summed E-state index contributed by atoms with van der Waals surface area (Å²) in [5.41, 5.74) is 10.6. The number of benzene rings is 8. The van der Waals surface area contributed by atoms with Crippen molar-refractivity contribution in [1.29, 1.82) is 0 Å². The van der Waals surface area contributed by atoms with E-state index in [0.29, 0.717) is 71.7 Å². The van der Waals surface area contributed by atoms with E-state index < -0.39 is 23.7 Å². The zero-order valence-electron chi connectivity index (χ0n) is 71.5. The molecule has 0 unspecified atom stereocenters. The lowest BCUT2D eigenvalue weighted by atomic mass is 9.76. The Balaban J connectivity index is 1.40. The number of methoxy groups -OCH3 is 4. The van der Waals surface area contributed by atoms with Gasteiger partial charge >= 0.3 is 0 Å². The molecule has 8 atom stereocenters.